The molecule has 0 bridgehead atoms. The van der Waals surface area contributed by atoms with Crippen LogP contribution in [-0.2, 0) is 19.1 Å². The monoisotopic (exact) mass is 362 g/mol. The van der Waals surface area contributed by atoms with Crippen LogP contribution in [0.15, 0.2) is 47.1 Å². The molecule has 0 radical (unpaired) electrons. The van der Waals surface area contributed by atoms with Crippen LogP contribution in [0.2, 0.25) is 0 Å². The molecule has 0 spiro atoms. The molecule has 1 heterocycles. The zero-order chi connectivity index (χ0) is 19.4. The molecule has 6 heteroatoms. The van der Waals surface area contributed by atoms with Gasteiger partial charge in [0.05, 0.1) is 24.2 Å². The van der Waals surface area contributed by atoms with E-state index in [0.29, 0.717) is 18.4 Å². The molecule has 0 amide bonds. The van der Waals surface area contributed by atoms with Gasteiger partial charge in [0.1, 0.15) is 12.2 Å². The van der Waals surface area contributed by atoms with Crippen LogP contribution in [0.4, 0.5) is 0 Å². The standard InChI is InChI=1S/C20H26O6/c1-5-14(10-21)20(24)26-16-8-11(2)6-7-15(22)12(3)9-17-18(16)13(4)19(23)25-17/h5-6,9,15-18,21-22H,4,7-8,10H2,1-3H3/t15-,16-,17-,18-/m1/s1. The Kier molecular flexibility index (Phi) is 6.56. The number of allylic oxidation sites excluding steroid dienone is 1. The summed E-state index contributed by atoms with van der Waals surface area (Å²) in [4.78, 5) is 24.4. The molecule has 2 rings (SSSR count). The lowest BCUT2D eigenvalue weighted by Crippen LogP contribution is -2.34. The van der Waals surface area contributed by atoms with Crippen LogP contribution >= 0.6 is 0 Å². The van der Waals surface area contributed by atoms with Crippen molar-refractivity contribution in [3.63, 3.8) is 0 Å². The van der Waals surface area contributed by atoms with E-state index < -0.39 is 42.8 Å². The van der Waals surface area contributed by atoms with E-state index in [1.807, 2.05) is 13.0 Å². The van der Waals surface area contributed by atoms with Crippen molar-refractivity contribution in [2.24, 2.45) is 5.92 Å². The van der Waals surface area contributed by atoms with Gasteiger partial charge in [0.25, 0.3) is 0 Å². The predicted octanol–water partition coefficient (Wildman–Crippen LogP) is 1.98. The Balaban J connectivity index is 2.41. The Hall–Kier alpha value is -2.18. The van der Waals surface area contributed by atoms with Crippen molar-refractivity contribution in [3.8, 4) is 0 Å². The fraction of sp³-hybridized carbons (Fsp3) is 0.500. The SMILES string of the molecule is C=C1C(=O)O[C@@H]2C=C(C)[C@H](O)CC=C(C)C[C@@H](OC(=O)C(=CC)CO)[C@@H]12. The lowest BCUT2D eigenvalue weighted by molar-refractivity contribution is -0.147. The first-order chi connectivity index (χ1) is 12.3. The minimum absolute atomic E-state index is 0.151. The molecular weight excluding hydrogens is 336 g/mol. The van der Waals surface area contributed by atoms with Crippen molar-refractivity contribution in [3.05, 3.63) is 47.1 Å². The first-order valence-corrected chi connectivity index (χ1v) is 8.67. The third-order valence-corrected chi connectivity index (χ3v) is 4.87. The molecule has 0 aromatic heterocycles. The summed E-state index contributed by atoms with van der Waals surface area (Å²) in [6.07, 6.45) is 3.91. The van der Waals surface area contributed by atoms with Crippen molar-refractivity contribution in [1.29, 1.82) is 0 Å². The molecule has 2 aliphatic rings. The number of rotatable bonds is 3. The minimum atomic E-state index is -0.665. The van der Waals surface area contributed by atoms with E-state index in [1.165, 1.54) is 6.08 Å². The Labute approximate surface area is 153 Å². The van der Waals surface area contributed by atoms with E-state index in [9.17, 15) is 19.8 Å². The van der Waals surface area contributed by atoms with Gasteiger partial charge in [0.15, 0.2) is 0 Å². The van der Waals surface area contributed by atoms with Crippen LogP contribution in [0.1, 0.15) is 33.6 Å². The van der Waals surface area contributed by atoms with Crippen molar-refractivity contribution in [1.82, 2.24) is 0 Å². The Bertz CT molecular complexity index is 684. The summed E-state index contributed by atoms with van der Waals surface area (Å²) < 4.78 is 11.0. The number of aliphatic hydroxyl groups is 2. The van der Waals surface area contributed by atoms with Gasteiger partial charge in [-0.1, -0.05) is 24.3 Å². The zero-order valence-electron chi connectivity index (χ0n) is 15.4. The normalized spacial score (nSPS) is 30.1. The number of fused-ring (bicyclic) bond motifs is 1. The lowest BCUT2D eigenvalue weighted by Gasteiger charge is -2.28. The molecule has 1 saturated heterocycles. The second-order valence-corrected chi connectivity index (χ2v) is 6.75. The highest BCUT2D eigenvalue weighted by Gasteiger charge is 2.44. The van der Waals surface area contributed by atoms with Gasteiger partial charge >= 0.3 is 11.9 Å². The first kappa shape index (κ1) is 20.1. The van der Waals surface area contributed by atoms with Crippen LogP contribution in [-0.4, -0.2) is 47.1 Å². The van der Waals surface area contributed by atoms with Gasteiger partial charge in [-0.15, -0.1) is 0 Å². The van der Waals surface area contributed by atoms with Gasteiger partial charge < -0.3 is 19.7 Å². The highest BCUT2D eigenvalue weighted by molar-refractivity contribution is 5.92. The number of aliphatic hydroxyl groups excluding tert-OH is 2. The maximum absolute atomic E-state index is 12.3. The summed E-state index contributed by atoms with van der Waals surface area (Å²) in [6.45, 7) is 8.69. The van der Waals surface area contributed by atoms with Gasteiger partial charge in [-0.2, -0.15) is 0 Å². The molecular formula is C20H26O6. The van der Waals surface area contributed by atoms with Gasteiger partial charge in [0.2, 0.25) is 0 Å². The maximum atomic E-state index is 12.3. The zero-order valence-corrected chi connectivity index (χ0v) is 15.4. The molecule has 0 aromatic carbocycles. The maximum Gasteiger partial charge on any atom is 0.336 e. The van der Waals surface area contributed by atoms with Crippen LogP contribution < -0.4 is 0 Å². The van der Waals surface area contributed by atoms with Gasteiger partial charge in [-0.25, -0.2) is 9.59 Å². The number of ether oxygens (including phenoxy) is 2. The van der Waals surface area contributed by atoms with Gasteiger partial charge in [-0.05, 0) is 38.8 Å². The molecule has 1 aliphatic carbocycles. The molecule has 1 aliphatic heterocycles. The third kappa shape index (κ3) is 4.31. The molecule has 4 atom stereocenters. The highest BCUT2D eigenvalue weighted by atomic mass is 16.6. The lowest BCUT2D eigenvalue weighted by atomic mass is 9.85. The van der Waals surface area contributed by atoms with Crippen molar-refractivity contribution >= 4 is 11.9 Å². The molecule has 0 saturated carbocycles. The molecule has 0 aromatic rings. The molecule has 6 nitrogen and oxygen atoms in total. The second kappa shape index (κ2) is 8.47. The fourth-order valence-electron chi connectivity index (χ4n) is 3.18. The summed E-state index contributed by atoms with van der Waals surface area (Å²) in [5.41, 5.74) is 2.00. The fourth-order valence-corrected chi connectivity index (χ4v) is 3.18. The van der Waals surface area contributed by atoms with Gasteiger partial charge in [0, 0.05) is 12.0 Å². The first-order valence-electron chi connectivity index (χ1n) is 8.67. The van der Waals surface area contributed by atoms with Crippen LogP contribution in [0.3, 0.4) is 0 Å². The Morgan fingerprint density at radius 2 is 2.15 bits per heavy atom. The second-order valence-electron chi connectivity index (χ2n) is 6.75. The van der Waals surface area contributed by atoms with E-state index in [0.717, 1.165) is 5.57 Å². The van der Waals surface area contributed by atoms with E-state index >= 15 is 0 Å². The highest BCUT2D eigenvalue weighted by Crippen LogP contribution is 2.36. The topological polar surface area (TPSA) is 93.1 Å². The minimum Gasteiger partial charge on any atom is -0.458 e. The predicted molar refractivity (Wildman–Crippen MR) is 96.0 cm³/mol. The molecule has 26 heavy (non-hydrogen) atoms. The number of carbonyl (C=O) groups is 2. The Morgan fingerprint density at radius 3 is 2.77 bits per heavy atom. The Morgan fingerprint density at radius 1 is 1.46 bits per heavy atom. The van der Waals surface area contributed by atoms with Crippen molar-refractivity contribution < 1.29 is 29.3 Å². The van der Waals surface area contributed by atoms with Crippen molar-refractivity contribution in [2.75, 3.05) is 6.61 Å². The number of hydrogen-bond acceptors (Lipinski definition) is 6. The van der Waals surface area contributed by atoms with E-state index in [-0.39, 0.29) is 11.1 Å². The molecule has 142 valence electrons. The molecule has 0 unspecified atom stereocenters. The molecule has 1 fully saturated rings. The average Bonchev–Trinajstić information content (AvgIpc) is 2.86. The summed E-state index contributed by atoms with van der Waals surface area (Å²) in [6, 6.07) is 0. The van der Waals surface area contributed by atoms with Gasteiger partial charge in [-0.3, -0.25) is 0 Å². The average molecular weight is 362 g/mol. The largest absolute Gasteiger partial charge is 0.458 e. The number of hydrogen-bond donors (Lipinski definition) is 2. The summed E-state index contributed by atoms with van der Waals surface area (Å²) in [5.74, 6) is -1.71. The third-order valence-electron chi connectivity index (χ3n) is 4.87. The van der Waals surface area contributed by atoms with Crippen LogP contribution in [0.5, 0.6) is 0 Å². The summed E-state index contributed by atoms with van der Waals surface area (Å²) in [7, 11) is 0. The number of esters is 2. The smallest absolute Gasteiger partial charge is 0.336 e. The van der Waals surface area contributed by atoms with E-state index in [4.69, 9.17) is 9.47 Å². The summed E-state index contributed by atoms with van der Waals surface area (Å²) >= 11 is 0. The van der Waals surface area contributed by atoms with Crippen LogP contribution in [0.25, 0.3) is 0 Å². The van der Waals surface area contributed by atoms with Crippen LogP contribution in [0, 0.1) is 5.92 Å². The quantitative estimate of drug-likeness (QED) is 0.453. The number of carbonyl (C=O) groups excluding carboxylic acids is 2. The summed E-state index contributed by atoms with van der Waals surface area (Å²) in [5, 5.41) is 19.5. The molecule has 2 N–H and O–H groups in total. The van der Waals surface area contributed by atoms with E-state index in [1.54, 1.807) is 19.9 Å². The van der Waals surface area contributed by atoms with Crippen molar-refractivity contribution in [2.45, 2.75) is 51.9 Å². The van der Waals surface area contributed by atoms with E-state index in [2.05, 4.69) is 6.58 Å².